The second-order valence-corrected chi connectivity index (χ2v) is 4.42. The van der Waals surface area contributed by atoms with Crippen LogP contribution in [0.25, 0.3) is 0 Å². The Morgan fingerprint density at radius 3 is 2.50 bits per heavy atom. The Hall–Kier alpha value is -0.0800. The zero-order valence-corrected chi connectivity index (χ0v) is 8.59. The number of nitrogens with two attached hydrogens (primary N) is 1. The molecule has 0 aromatic heterocycles. The van der Waals surface area contributed by atoms with Crippen LogP contribution in [0.4, 0.5) is 0 Å². The van der Waals surface area contributed by atoms with Crippen LogP contribution in [0.2, 0.25) is 0 Å². The molecule has 0 aliphatic carbocycles. The van der Waals surface area contributed by atoms with E-state index in [2.05, 4.69) is 25.8 Å². The number of rotatable bonds is 1. The first-order valence-electron chi connectivity index (χ1n) is 5.07. The van der Waals surface area contributed by atoms with Crippen molar-refractivity contribution < 1.29 is 0 Å². The molecule has 1 heterocycles. The third-order valence-corrected chi connectivity index (χ3v) is 3.02. The number of hydrogen-bond acceptors (Lipinski definition) is 2. The summed E-state index contributed by atoms with van der Waals surface area (Å²) in [5.74, 6) is 0.764. The van der Waals surface area contributed by atoms with Gasteiger partial charge in [-0.15, -0.1) is 0 Å². The van der Waals surface area contributed by atoms with Crippen molar-refractivity contribution in [3.63, 3.8) is 0 Å². The summed E-state index contributed by atoms with van der Waals surface area (Å²) in [4.78, 5) is 2.47. The molecule has 12 heavy (non-hydrogen) atoms. The van der Waals surface area contributed by atoms with E-state index in [0.717, 1.165) is 12.0 Å². The summed E-state index contributed by atoms with van der Waals surface area (Å²) in [6.07, 6.45) is 3.64. The lowest BCUT2D eigenvalue weighted by atomic mass is 9.98. The molecule has 0 aromatic rings. The zero-order valence-electron chi connectivity index (χ0n) is 8.59. The molecular weight excluding hydrogens is 148 g/mol. The molecule has 72 valence electrons. The van der Waals surface area contributed by atoms with Gasteiger partial charge in [-0.1, -0.05) is 13.8 Å². The topological polar surface area (TPSA) is 29.3 Å². The molecule has 0 saturated carbocycles. The summed E-state index contributed by atoms with van der Waals surface area (Å²) in [5.41, 5.74) is 5.93. The third kappa shape index (κ3) is 2.46. The molecule has 1 fully saturated rings. The number of likely N-dealkylation sites (tertiary alicyclic amines) is 1. The largest absolute Gasteiger partial charge is 0.328 e. The molecule has 2 heteroatoms. The van der Waals surface area contributed by atoms with Crippen LogP contribution in [0.1, 0.15) is 33.1 Å². The van der Waals surface area contributed by atoms with Crippen molar-refractivity contribution in [1.29, 1.82) is 0 Å². The van der Waals surface area contributed by atoms with Crippen LogP contribution in [0.15, 0.2) is 0 Å². The average molecular weight is 170 g/mol. The third-order valence-electron chi connectivity index (χ3n) is 3.02. The van der Waals surface area contributed by atoms with Crippen molar-refractivity contribution >= 4 is 0 Å². The quantitative estimate of drug-likeness (QED) is 0.645. The molecule has 1 unspecified atom stereocenters. The first-order valence-corrected chi connectivity index (χ1v) is 5.07. The molecule has 0 aromatic carbocycles. The summed E-state index contributed by atoms with van der Waals surface area (Å²) < 4.78 is 0. The summed E-state index contributed by atoms with van der Waals surface area (Å²) in [7, 11) is 2.22. The highest BCUT2D eigenvalue weighted by atomic mass is 15.1. The van der Waals surface area contributed by atoms with Gasteiger partial charge < -0.3 is 10.6 Å². The molecule has 1 rings (SSSR count). The zero-order chi connectivity index (χ0) is 9.14. The van der Waals surface area contributed by atoms with E-state index in [1.54, 1.807) is 0 Å². The van der Waals surface area contributed by atoms with Gasteiger partial charge in [0.15, 0.2) is 0 Å². The first kappa shape index (κ1) is 10.0. The van der Waals surface area contributed by atoms with Crippen LogP contribution in [0.5, 0.6) is 0 Å². The molecule has 2 N–H and O–H groups in total. The maximum absolute atomic E-state index is 5.93. The predicted molar refractivity (Wildman–Crippen MR) is 53.1 cm³/mol. The Morgan fingerprint density at radius 1 is 1.25 bits per heavy atom. The van der Waals surface area contributed by atoms with Crippen molar-refractivity contribution in [1.82, 2.24) is 4.90 Å². The standard InChI is InChI=1S/C10H22N2/c1-8(2)10-5-4-9(11)6-7-12(10)3/h8-10H,4-7,11H2,1-3H3/t9?,10-/m0/s1. The number of hydrogen-bond donors (Lipinski definition) is 1. The van der Waals surface area contributed by atoms with Crippen molar-refractivity contribution in [3.05, 3.63) is 0 Å². The minimum Gasteiger partial charge on any atom is -0.328 e. The SMILES string of the molecule is CC(C)[C@@H]1CCC(N)CCN1C. The highest BCUT2D eigenvalue weighted by Gasteiger charge is 2.22. The molecule has 0 radical (unpaired) electrons. The van der Waals surface area contributed by atoms with Gasteiger partial charge in [-0.3, -0.25) is 0 Å². The molecule has 2 nitrogen and oxygen atoms in total. The molecule has 0 spiro atoms. The molecule has 1 aliphatic heterocycles. The van der Waals surface area contributed by atoms with Gasteiger partial charge in [0.05, 0.1) is 0 Å². The Balaban J connectivity index is 2.50. The Kier molecular flexibility index (Phi) is 3.53. The van der Waals surface area contributed by atoms with E-state index in [1.807, 2.05) is 0 Å². The van der Waals surface area contributed by atoms with Gasteiger partial charge in [-0.25, -0.2) is 0 Å². The van der Waals surface area contributed by atoms with Crippen molar-refractivity contribution in [2.24, 2.45) is 11.7 Å². The lowest BCUT2D eigenvalue weighted by Gasteiger charge is -2.28. The Morgan fingerprint density at radius 2 is 1.92 bits per heavy atom. The van der Waals surface area contributed by atoms with Gasteiger partial charge in [-0.05, 0) is 38.8 Å². The second kappa shape index (κ2) is 4.24. The van der Waals surface area contributed by atoms with Gasteiger partial charge in [0.25, 0.3) is 0 Å². The van der Waals surface area contributed by atoms with Gasteiger partial charge in [0.2, 0.25) is 0 Å². The van der Waals surface area contributed by atoms with Crippen LogP contribution in [-0.4, -0.2) is 30.6 Å². The highest BCUT2D eigenvalue weighted by Crippen LogP contribution is 2.20. The fourth-order valence-electron chi connectivity index (χ4n) is 2.13. The van der Waals surface area contributed by atoms with Gasteiger partial charge in [0, 0.05) is 12.1 Å². The van der Waals surface area contributed by atoms with Crippen LogP contribution in [0.3, 0.4) is 0 Å². The van der Waals surface area contributed by atoms with E-state index in [1.165, 1.54) is 25.8 Å². The van der Waals surface area contributed by atoms with E-state index < -0.39 is 0 Å². The molecule has 1 aliphatic rings. The van der Waals surface area contributed by atoms with Crippen molar-refractivity contribution in [2.75, 3.05) is 13.6 Å². The van der Waals surface area contributed by atoms with E-state index >= 15 is 0 Å². The van der Waals surface area contributed by atoms with Crippen LogP contribution >= 0.6 is 0 Å². The monoisotopic (exact) mass is 170 g/mol. The minimum atomic E-state index is 0.441. The molecule has 2 atom stereocenters. The van der Waals surface area contributed by atoms with E-state index in [9.17, 15) is 0 Å². The van der Waals surface area contributed by atoms with Gasteiger partial charge >= 0.3 is 0 Å². The molecule has 1 saturated heterocycles. The highest BCUT2D eigenvalue weighted by molar-refractivity contribution is 4.79. The fourth-order valence-corrected chi connectivity index (χ4v) is 2.13. The van der Waals surface area contributed by atoms with Crippen LogP contribution in [0, 0.1) is 5.92 Å². The Labute approximate surface area is 76.1 Å². The minimum absolute atomic E-state index is 0.441. The molecule has 0 amide bonds. The van der Waals surface area contributed by atoms with Crippen LogP contribution < -0.4 is 5.73 Å². The van der Waals surface area contributed by atoms with E-state index in [-0.39, 0.29) is 0 Å². The maximum atomic E-state index is 5.93. The molecule has 0 bridgehead atoms. The molecular formula is C10H22N2. The van der Waals surface area contributed by atoms with E-state index in [0.29, 0.717) is 6.04 Å². The number of nitrogens with zero attached hydrogens (tertiary/aromatic N) is 1. The van der Waals surface area contributed by atoms with Crippen molar-refractivity contribution in [3.8, 4) is 0 Å². The van der Waals surface area contributed by atoms with Gasteiger partial charge in [-0.2, -0.15) is 0 Å². The predicted octanol–water partition coefficient (Wildman–Crippen LogP) is 1.45. The maximum Gasteiger partial charge on any atom is 0.0116 e. The van der Waals surface area contributed by atoms with Gasteiger partial charge in [0.1, 0.15) is 0 Å². The lowest BCUT2D eigenvalue weighted by molar-refractivity contribution is 0.195. The van der Waals surface area contributed by atoms with Crippen LogP contribution in [-0.2, 0) is 0 Å². The smallest absolute Gasteiger partial charge is 0.0116 e. The summed E-state index contributed by atoms with van der Waals surface area (Å²) >= 11 is 0. The average Bonchev–Trinajstić information content (AvgIpc) is 2.14. The lowest BCUT2D eigenvalue weighted by Crippen LogP contribution is -2.35. The summed E-state index contributed by atoms with van der Waals surface area (Å²) in [6.45, 7) is 5.78. The summed E-state index contributed by atoms with van der Waals surface area (Å²) in [6, 6.07) is 1.19. The van der Waals surface area contributed by atoms with Crippen molar-refractivity contribution in [2.45, 2.75) is 45.2 Å². The summed E-state index contributed by atoms with van der Waals surface area (Å²) in [5, 5.41) is 0. The van der Waals surface area contributed by atoms with E-state index in [4.69, 9.17) is 5.73 Å². The first-order chi connectivity index (χ1) is 5.61. The second-order valence-electron chi connectivity index (χ2n) is 4.42. The normalized spacial score (nSPS) is 33.8. The Bertz CT molecular complexity index is 134. The fraction of sp³-hybridized carbons (Fsp3) is 1.00.